The van der Waals surface area contributed by atoms with E-state index in [2.05, 4.69) is 86.8 Å². The Bertz CT molecular complexity index is 1200. The van der Waals surface area contributed by atoms with Gasteiger partial charge in [-0.3, -0.25) is 14.2 Å². The zero-order chi connectivity index (χ0) is 42.1. The number of quaternary nitrogens is 1. The fraction of sp³-hybridized carbons (Fsp3) is 0.702. The number of carbonyl (C=O) groups excluding carboxylic acids is 2. The van der Waals surface area contributed by atoms with Crippen LogP contribution < -0.4 is 4.89 Å². The molecule has 0 saturated heterocycles. The summed E-state index contributed by atoms with van der Waals surface area (Å²) in [6.07, 6.45) is 48.2. The third kappa shape index (κ3) is 42.9. The summed E-state index contributed by atoms with van der Waals surface area (Å²) >= 11 is 0. The molecule has 57 heavy (non-hydrogen) atoms. The van der Waals surface area contributed by atoms with Gasteiger partial charge in [-0.05, 0) is 64.2 Å². The van der Waals surface area contributed by atoms with Crippen LogP contribution in [0.5, 0.6) is 0 Å². The van der Waals surface area contributed by atoms with Crippen LogP contribution in [0.25, 0.3) is 0 Å². The maximum absolute atomic E-state index is 12.6. The monoisotopic (exact) mass is 820 g/mol. The molecule has 0 bridgehead atoms. The van der Waals surface area contributed by atoms with Crippen molar-refractivity contribution in [2.24, 2.45) is 0 Å². The van der Waals surface area contributed by atoms with Gasteiger partial charge < -0.3 is 27.9 Å². The van der Waals surface area contributed by atoms with Crippen molar-refractivity contribution < 1.29 is 42.1 Å². The van der Waals surface area contributed by atoms with Gasteiger partial charge in [0, 0.05) is 12.8 Å². The van der Waals surface area contributed by atoms with Crippen LogP contribution in [0.2, 0.25) is 0 Å². The van der Waals surface area contributed by atoms with Gasteiger partial charge in [-0.25, -0.2) is 0 Å². The molecule has 328 valence electrons. The molecule has 0 amide bonds. The highest BCUT2D eigenvalue weighted by Gasteiger charge is 2.21. The van der Waals surface area contributed by atoms with E-state index in [1.165, 1.54) is 32.1 Å². The lowest BCUT2D eigenvalue weighted by Crippen LogP contribution is -2.37. The molecule has 0 aromatic rings. The number of ether oxygens (including phenoxy) is 2. The molecule has 0 aromatic carbocycles. The Labute approximate surface area is 348 Å². The number of allylic oxidation sites excluding steroid dienone is 12. The Kier molecular flexibility index (Phi) is 37.2. The number of unbranched alkanes of at least 4 members (excludes halogenated alkanes) is 13. The maximum Gasteiger partial charge on any atom is 0.306 e. The summed E-state index contributed by atoms with van der Waals surface area (Å²) < 4.78 is 33.7. The number of nitrogens with zero attached hydrogens (tertiary/aromatic N) is 1. The molecule has 0 heterocycles. The van der Waals surface area contributed by atoms with Gasteiger partial charge in [-0.2, -0.15) is 0 Å². The van der Waals surface area contributed by atoms with Crippen molar-refractivity contribution in [1.82, 2.24) is 0 Å². The first kappa shape index (κ1) is 54.5. The van der Waals surface area contributed by atoms with E-state index in [1.807, 2.05) is 21.1 Å². The summed E-state index contributed by atoms with van der Waals surface area (Å²) in [5.74, 6) is -0.860. The van der Waals surface area contributed by atoms with Crippen molar-refractivity contribution >= 4 is 19.8 Å². The Morgan fingerprint density at radius 1 is 0.561 bits per heavy atom. The molecular weight excluding hydrogens is 737 g/mol. The molecule has 0 aliphatic carbocycles. The van der Waals surface area contributed by atoms with Crippen LogP contribution in [0.4, 0.5) is 0 Å². The van der Waals surface area contributed by atoms with E-state index >= 15 is 0 Å². The van der Waals surface area contributed by atoms with Gasteiger partial charge in [0.1, 0.15) is 19.8 Å². The SMILES string of the molecule is CC/C=C\C/C=C\C/C=C\C/C=C\C/C=C\C/C=C\CCCCCCCCCCC(=O)OC(COC(=O)CCCCCCCC)COP(=O)([O-])OCC[N+](C)(C)C. The van der Waals surface area contributed by atoms with Crippen molar-refractivity contribution in [3.63, 3.8) is 0 Å². The van der Waals surface area contributed by atoms with Crippen molar-refractivity contribution in [2.45, 2.75) is 168 Å². The van der Waals surface area contributed by atoms with E-state index in [9.17, 15) is 19.0 Å². The van der Waals surface area contributed by atoms with Crippen molar-refractivity contribution in [3.8, 4) is 0 Å². The van der Waals surface area contributed by atoms with E-state index in [4.69, 9.17) is 18.5 Å². The summed E-state index contributed by atoms with van der Waals surface area (Å²) in [7, 11) is 1.15. The van der Waals surface area contributed by atoms with E-state index in [1.54, 1.807) is 0 Å². The fourth-order valence-corrected chi connectivity index (χ4v) is 6.27. The first-order valence-electron chi connectivity index (χ1n) is 22.1. The van der Waals surface area contributed by atoms with Crippen LogP contribution in [-0.4, -0.2) is 70.0 Å². The zero-order valence-corrected chi connectivity index (χ0v) is 37.7. The highest BCUT2D eigenvalue weighted by Crippen LogP contribution is 2.38. The summed E-state index contributed by atoms with van der Waals surface area (Å²) in [6, 6.07) is 0. The van der Waals surface area contributed by atoms with E-state index in [0.29, 0.717) is 17.4 Å². The van der Waals surface area contributed by atoms with Crippen LogP contribution in [0.15, 0.2) is 72.9 Å². The zero-order valence-electron chi connectivity index (χ0n) is 36.8. The lowest BCUT2D eigenvalue weighted by molar-refractivity contribution is -0.870. The minimum Gasteiger partial charge on any atom is -0.756 e. The van der Waals surface area contributed by atoms with E-state index in [-0.39, 0.29) is 26.1 Å². The maximum atomic E-state index is 12.6. The average Bonchev–Trinajstić information content (AvgIpc) is 3.16. The number of phosphoric acid groups is 1. The summed E-state index contributed by atoms with van der Waals surface area (Å²) in [6.45, 7) is 4.01. The lowest BCUT2D eigenvalue weighted by atomic mass is 10.1. The van der Waals surface area contributed by atoms with Crippen LogP contribution in [0.1, 0.15) is 162 Å². The second-order valence-corrected chi connectivity index (χ2v) is 17.1. The topological polar surface area (TPSA) is 111 Å². The minimum atomic E-state index is -4.62. The number of carbonyl (C=O) groups is 2. The van der Waals surface area contributed by atoms with Crippen LogP contribution in [0.3, 0.4) is 0 Å². The van der Waals surface area contributed by atoms with Crippen LogP contribution in [-0.2, 0) is 32.7 Å². The second-order valence-electron chi connectivity index (χ2n) is 15.7. The Balaban J connectivity index is 4.16. The van der Waals surface area contributed by atoms with Crippen molar-refractivity contribution in [3.05, 3.63) is 72.9 Å². The first-order valence-corrected chi connectivity index (χ1v) is 23.6. The third-order valence-electron chi connectivity index (χ3n) is 8.99. The molecule has 0 rings (SSSR count). The predicted octanol–water partition coefficient (Wildman–Crippen LogP) is 12.0. The number of hydrogen-bond donors (Lipinski definition) is 0. The van der Waals surface area contributed by atoms with Gasteiger partial charge in [0.15, 0.2) is 6.10 Å². The molecule has 2 unspecified atom stereocenters. The fourth-order valence-electron chi connectivity index (χ4n) is 5.54. The van der Waals surface area contributed by atoms with Gasteiger partial charge in [-0.15, -0.1) is 0 Å². The van der Waals surface area contributed by atoms with Gasteiger partial charge >= 0.3 is 11.9 Å². The Hall–Kier alpha value is -2.55. The quantitative estimate of drug-likeness (QED) is 0.0198. The average molecular weight is 820 g/mol. The van der Waals surface area contributed by atoms with Gasteiger partial charge in [-0.1, -0.05) is 157 Å². The van der Waals surface area contributed by atoms with E-state index in [0.717, 1.165) is 96.3 Å². The number of rotatable bonds is 39. The first-order chi connectivity index (χ1) is 27.5. The molecule has 0 fully saturated rings. The molecule has 0 N–H and O–H groups in total. The molecule has 0 saturated carbocycles. The molecule has 0 aliphatic heterocycles. The number of hydrogen-bond acceptors (Lipinski definition) is 8. The molecule has 2 atom stereocenters. The van der Waals surface area contributed by atoms with Gasteiger partial charge in [0.05, 0.1) is 27.7 Å². The smallest absolute Gasteiger partial charge is 0.306 e. The molecule has 10 heteroatoms. The molecule has 0 aliphatic rings. The Morgan fingerprint density at radius 3 is 1.49 bits per heavy atom. The van der Waals surface area contributed by atoms with Gasteiger partial charge in [0.25, 0.3) is 7.82 Å². The molecule has 0 spiro atoms. The van der Waals surface area contributed by atoms with Crippen LogP contribution >= 0.6 is 7.82 Å². The highest BCUT2D eigenvalue weighted by molar-refractivity contribution is 7.45. The van der Waals surface area contributed by atoms with Crippen molar-refractivity contribution in [1.29, 1.82) is 0 Å². The third-order valence-corrected chi connectivity index (χ3v) is 9.96. The lowest BCUT2D eigenvalue weighted by Gasteiger charge is -2.28. The Morgan fingerprint density at radius 2 is 1.00 bits per heavy atom. The molecular formula is C47H82NO8P. The highest BCUT2D eigenvalue weighted by atomic mass is 31.2. The largest absolute Gasteiger partial charge is 0.756 e. The van der Waals surface area contributed by atoms with Crippen LogP contribution in [0, 0.1) is 0 Å². The second kappa shape index (κ2) is 38.9. The number of phosphoric ester groups is 1. The molecule has 0 radical (unpaired) electrons. The van der Waals surface area contributed by atoms with Gasteiger partial charge in [0.2, 0.25) is 0 Å². The minimum absolute atomic E-state index is 0.0354. The molecule has 0 aromatic heterocycles. The summed E-state index contributed by atoms with van der Waals surface area (Å²) in [4.78, 5) is 37.2. The van der Waals surface area contributed by atoms with E-state index < -0.39 is 32.5 Å². The normalized spacial score (nSPS) is 14.3. The summed E-state index contributed by atoms with van der Waals surface area (Å²) in [5.41, 5.74) is 0. The predicted molar refractivity (Wildman–Crippen MR) is 236 cm³/mol. The summed E-state index contributed by atoms with van der Waals surface area (Å²) in [5, 5.41) is 0. The number of esters is 2. The molecule has 9 nitrogen and oxygen atoms in total. The van der Waals surface area contributed by atoms with Crippen molar-refractivity contribution in [2.75, 3.05) is 47.5 Å². The number of likely N-dealkylation sites (N-methyl/N-ethyl adjacent to an activating group) is 1. The standard InChI is InChI=1S/C47H82NO8P/c1-6-8-10-12-14-15-16-17-18-19-20-21-22-23-24-25-26-27-28-29-30-31-32-33-34-36-38-40-47(50)56-45(43-53-46(49)39-37-35-13-11-9-7-2)44-55-57(51,52)54-42-41-48(3,4)5/h8,10,14-15,17-18,20-21,23-24,26-27,45H,6-7,9,11-13,16,19,22,25,28-44H2,1-5H3/b10-8-,15-14-,18-17-,21-20-,24-23-,27-26-.